The number of aromatic nitrogens is 2. The van der Waals surface area contributed by atoms with E-state index >= 15 is 0 Å². The Morgan fingerprint density at radius 3 is 2.79 bits per heavy atom. The molecule has 1 aliphatic heterocycles. The number of hydrogen-bond acceptors (Lipinski definition) is 3. The molecule has 2 rings (SSSR count). The van der Waals surface area contributed by atoms with E-state index in [1.54, 1.807) is 0 Å². The number of aryl methyl sites for hydroxylation is 2. The van der Waals surface area contributed by atoms with Crippen molar-refractivity contribution in [3.63, 3.8) is 0 Å². The van der Waals surface area contributed by atoms with Crippen molar-refractivity contribution in [2.75, 3.05) is 29.9 Å². The highest BCUT2D eigenvalue weighted by Gasteiger charge is 2.22. The van der Waals surface area contributed by atoms with Crippen LogP contribution in [0.4, 0.5) is 11.5 Å². The Labute approximate surface area is 84.9 Å². The molecule has 14 heavy (non-hydrogen) atoms. The van der Waals surface area contributed by atoms with Crippen molar-refractivity contribution in [3.8, 4) is 0 Å². The lowest BCUT2D eigenvalue weighted by atomic mass is 10.3. The minimum atomic E-state index is 0.939. The molecular weight excluding hydrogens is 176 g/mol. The lowest BCUT2D eigenvalue weighted by Crippen LogP contribution is -2.35. The highest BCUT2D eigenvalue weighted by atomic mass is 15.4. The summed E-state index contributed by atoms with van der Waals surface area (Å²) in [4.78, 5) is 2.38. The van der Waals surface area contributed by atoms with Crippen LogP contribution < -0.4 is 10.2 Å². The zero-order valence-electron chi connectivity index (χ0n) is 9.17. The summed E-state index contributed by atoms with van der Waals surface area (Å²) < 4.78 is 2.08. The molecule has 1 N–H and O–H groups in total. The second-order valence-electron chi connectivity index (χ2n) is 3.61. The second kappa shape index (κ2) is 3.52. The number of fused-ring (bicyclic) bond motifs is 1. The highest BCUT2D eigenvalue weighted by molar-refractivity contribution is 5.71. The van der Waals surface area contributed by atoms with Gasteiger partial charge < -0.3 is 10.2 Å². The molecule has 0 unspecified atom stereocenters. The van der Waals surface area contributed by atoms with Crippen LogP contribution in [0.2, 0.25) is 0 Å². The van der Waals surface area contributed by atoms with Gasteiger partial charge in [0.25, 0.3) is 0 Å². The van der Waals surface area contributed by atoms with Crippen molar-refractivity contribution >= 4 is 11.5 Å². The van der Waals surface area contributed by atoms with Crippen molar-refractivity contribution in [2.24, 2.45) is 0 Å². The van der Waals surface area contributed by atoms with Crippen molar-refractivity contribution in [3.05, 3.63) is 5.69 Å². The van der Waals surface area contributed by atoms with Gasteiger partial charge in [-0.3, -0.25) is 0 Å². The second-order valence-corrected chi connectivity index (χ2v) is 3.61. The Kier molecular flexibility index (Phi) is 2.35. The molecule has 1 aliphatic rings. The maximum atomic E-state index is 4.52. The summed E-state index contributed by atoms with van der Waals surface area (Å²) in [5.41, 5.74) is 2.33. The number of nitrogens with zero attached hydrogens (tertiary/aromatic N) is 3. The third-order valence-electron chi connectivity index (χ3n) is 2.76. The van der Waals surface area contributed by atoms with Crippen LogP contribution in [-0.4, -0.2) is 29.4 Å². The van der Waals surface area contributed by atoms with E-state index in [2.05, 4.69) is 40.8 Å². The first-order valence-electron chi connectivity index (χ1n) is 5.34. The van der Waals surface area contributed by atoms with E-state index in [9.17, 15) is 0 Å². The topological polar surface area (TPSA) is 33.1 Å². The Morgan fingerprint density at radius 1 is 1.36 bits per heavy atom. The molecule has 0 aliphatic carbocycles. The molecule has 4 heteroatoms. The van der Waals surface area contributed by atoms with E-state index in [1.807, 2.05) is 0 Å². The maximum absolute atomic E-state index is 4.52. The Bertz CT molecular complexity index is 329. The van der Waals surface area contributed by atoms with E-state index in [1.165, 1.54) is 11.5 Å². The molecule has 0 saturated carbocycles. The lowest BCUT2D eigenvalue weighted by Gasteiger charge is -2.29. The summed E-state index contributed by atoms with van der Waals surface area (Å²) >= 11 is 0. The van der Waals surface area contributed by atoms with Gasteiger partial charge in [0.2, 0.25) is 0 Å². The number of likely N-dealkylation sites (N-methyl/N-ethyl adjacent to an activating group) is 1. The van der Waals surface area contributed by atoms with Crippen LogP contribution in [0.5, 0.6) is 0 Å². The Balaban J connectivity index is 2.48. The molecule has 4 nitrogen and oxygen atoms in total. The number of hydrogen-bond donors (Lipinski definition) is 1. The standard InChI is InChI=1S/C10H18N4/c1-4-13-7-6-11-9-8(3)12-14(5-2)10(9)13/h11H,4-7H2,1-3H3. The normalized spacial score (nSPS) is 15.2. The van der Waals surface area contributed by atoms with Gasteiger partial charge >= 0.3 is 0 Å². The highest BCUT2D eigenvalue weighted by Crippen LogP contribution is 2.31. The van der Waals surface area contributed by atoms with E-state index in [4.69, 9.17) is 0 Å². The van der Waals surface area contributed by atoms with Crippen LogP contribution in [0.1, 0.15) is 19.5 Å². The van der Waals surface area contributed by atoms with E-state index in [-0.39, 0.29) is 0 Å². The fraction of sp³-hybridized carbons (Fsp3) is 0.700. The van der Waals surface area contributed by atoms with Crippen molar-refractivity contribution in [1.29, 1.82) is 0 Å². The van der Waals surface area contributed by atoms with Gasteiger partial charge in [0.05, 0.1) is 5.69 Å². The van der Waals surface area contributed by atoms with Gasteiger partial charge in [-0.1, -0.05) is 0 Å². The van der Waals surface area contributed by atoms with Crippen molar-refractivity contribution < 1.29 is 0 Å². The quantitative estimate of drug-likeness (QED) is 0.773. The molecule has 1 aromatic rings. The summed E-state index contributed by atoms with van der Waals surface area (Å²) in [6.07, 6.45) is 0. The molecule has 0 radical (unpaired) electrons. The van der Waals surface area contributed by atoms with E-state index in [0.717, 1.165) is 31.9 Å². The molecule has 0 bridgehead atoms. The van der Waals surface area contributed by atoms with Gasteiger partial charge in [0.15, 0.2) is 5.82 Å². The molecule has 0 saturated heterocycles. The van der Waals surface area contributed by atoms with Gasteiger partial charge in [-0.15, -0.1) is 0 Å². The molecule has 0 fully saturated rings. The smallest absolute Gasteiger partial charge is 0.150 e. The van der Waals surface area contributed by atoms with Crippen molar-refractivity contribution in [1.82, 2.24) is 9.78 Å². The minimum Gasteiger partial charge on any atom is -0.379 e. The third-order valence-corrected chi connectivity index (χ3v) is 2.76. The predicted octanol–water partition coefficient (Wildman–Crippen LogP) is 1.46. The molecular formula is C10H18N4. The summed E-state index contributed by atoms with van der Waals surface area (Å²) in [5.74, 6) is 1.26. The summed E-state index contributed by atoms with van der Waals surface area (Å²) in [6.45, 7) is 10.5. The van der Waals surface area contributed by atoms with E-state index in [0.29, 0.717) is 0 Å². The van der Waals surface area contributed by atoms with Crippen LogP contribution in [0.3, 0.4) is 0 Å². The van der Waals surface area contributed by atoms with Crippen LogP contribution >= 0.6 is 0 Å². The summed E-state index contributed by atoms with van der Waals surface area (Å²) in [6, 6.07) is 0. The average molecular weight is 194 g/mol. The fourth-order valence-electron chi connectivity index (χ4n) is 2.05. The van der Waals surface area contributed by atoms with Gasteiger partial charge in [0, 0.05) is 26.2 Å². The molecule has 0 atom stereocenters. The molecule has 0 spiro atoms. The molecule has 0 aromatic carbocycles. The minimum absolute atomic E-state index is 0.939. The largest absolute Gasteiger partial charge is 0.379 e. The number of rotatable bonds is 2. The predicted molar refractivity (Wildman–Crippen MR) is 59.0 cm³/mol. The SMILES string of the molecule is CCN1CCNc2c(C)nn(CC)c21. The average Bonchev–Trinajstić information content (AvgIpc) is 2.56. The molecule has 0 amide bonds. The summed E-state index contributed by atoms with van der Waals surface area (Å²) in [5, 5.41) is 7.95. The summed E-state index contributed by atoms with van der Waals surface area (Å²) in [7, 11) is 0. The zero-order valence-corrected chi connectivity index (χ0v) is 9.17. The van der Waals surface area contributed by atoms with Crippen LogP contribution in [0.15, 0.2) is 0 Å². The first-order chi connectivity index (χ1) is 6.77. The molecule has 2 heterocycles. The van der Waals surface area contributed by atoms with Crippen LogP contribution in [0, 0.1) is 6.92 Å². The van der Waals surface area contributed by atoms with Gasteiger partial charge in [-0.2, -0.15) is 5.10 Å². The van der Waals surface area contributed by atoms with E-state index < -0.39 is 0 Å². The fourth-order valence-corrected chi connectivity index (χ4v) is 2.05. The molecule has 1 aromatic heterocycles. The van der Waals surface area contributed by atoms with Crippen LogP contribution in [0.25, 0.3) is 0 Å². The first kappa shape index (κ1) is 9.37. The van der Waals surface area contributed by atoms with Crippen molar-refractivity contribution in [2.45, 2.75) is 27.3 Å². The molecule has 78 valence electrons. The third kappa shape index (κ3) is 1.25. The monoisotopic (exact) mass is 194 g/mol. The van der Waals surface area contributed by atoms with Crippen LogP contribution in [-0.2, 0) is 6.54 Å². The first-order valence-corrected chi connectivity index (χ1v) is 5.34. The maximum Gasteiger partial charge on any atom is 0.150 e. The van der Waals surface area contributed by atoms with Gasteiger partial charge in [-0.25, -0.2) is 4.68 Å². The van der Waals surface area contributed by atoms with Gasteiger partial charge in [-0.05, 0) is 20.8 Å². The number of anilines is 2. The zero-order chi connectivity index (χ0) is 10.1. The Morgan fingerprint density at radius 2 is 2.14 bits per heavy atom. The van der Waals surface area contributed by atoms with Gasteiger partial charge in [0.1, 0.15) is 5.69 Å². The lowest BCUT2D eigenvalue weighted by molar-refractivity contribution is 0.631. The number of nitrogens with one attached hydrogen (secondary N) is 1. The Hall–Kier alpha value is -1.19.